The summed E-state index contributed by atoms with van der Waals surface area (Å²) in [6.45, 7) is 0. The summed E-state index contributed by atoms with van der Waals surface area (Å²) >= 11 is 5.19. The molecule has 0 aliphatic carbocycles. The van der Waals surface area contributed by atoms with Crippen LogP contribution in [0.3, 0.4) is 0 Å². The van der Waals surface area contributed by atoms with Crippen LogP contribution in [0.5, 0.6) is 0 Å². The first-order chi connectivity index (χ1) is 9.31. The monoisotopic (exact) mass is 330 g/mol. The lowest BCUT2D eigenvalue weighted by atomic mass is 10.2. The van der Waals surface area contributed by atoms with Crippen molar-refractivity contribution in [3.8, 4) is 0 Å². The summed E-state index contributed by atoms with van der Waals surface area (Å²) in [4.78, 5) is 9.02. The summed E-state index contributed by atoms with van der Waals surface area (Å²) in [5.41, 5.74) is 3.16. The van der Waals surface area contributed by atoms with Gasteiger partial charge in [-0.3, -0.25) is 4.98 Å². The predicted molar refractivity (Wildman–Crippen MR) is 83.2 cm³/mol. The summed E-state index contributed by atoms with van der Waals surface area (Å²) in [6.07, 6.45) is 1.84. The van der Waals surface area contributed by atoms with Gasteiger partial charge in [-0.1, -0.05) is 40.2 Å². The van der Waals surface area contributed by atoms with Crippen LogP contribution in [0, 0.1) is 0 Å². The maximum Gasteiger partial charge on any atom is 0.115 e. The standard InChI is InChI=1S/C15H11BrN2S/c16-12-5-3-4-11(8-12)10-19-15-9-17-13-6-1-2-7-14(13)18-15/h1-9H,10H2. The van der Waals surface area contributed by atoms with Gasteiger partial charge in [0.05, 0.1) is 17.2 Å². The van der Waals surface area contributed by atoms with E-state index < -0.39 is 0 Å². The molecular weight excluding hydrogens is 320 g/mol. The fraction of sp³-hybridized carbons (Fsp3) is 0.0667. The molecule has 3 rings (SSSR count). The molecule has 3 aromatic rings. The largest absolute Gasteiger partial charge is 0.252 e. The third-order valence-electron chi connectivity index (χ3n) is 2.70. The molecule has 94 valence electrons. The Morgan fingerprint density at radius 3 is 2.68 bits per heavy atom. The van der Waals surface area contributed by atoms with Crippen molar-refractivity contribution < 1.29 is 0 Å². The summed E-state index contributed by atoms with van der Waals surface area (Å²) < 4.78 is 1.11. The highest BCUT2D eigenvalue weighted by molar-refractivity contribution is 9.10. The molecule has 2 nitrogen and oxygen atoms in total. The predicted octanol–water partition coefficient (Wildman–Crippen LogP) is 4.68. The van der Waals surface area contributed by atoms with Crippen molar-refractivity contribution in [2.45, 2.75) is 10.8 Å². The van der Waals surface area contributed by atoms with Gasteiger partial charge in [0, 0.05) is 10.2 Å². The first kappa shape index (κ1) is 12.6. The van der Waals surface area contributed by atoms with Gasteiger partial charge in [-0.15, -0.1) is 11.8 Å². The second kappa shape index (κ2) is 5.72. The van der Waals surface area contributed by atoms with Gasteiger partial charge in [0.2, 0.25) is 0 Å². The Bertz CT molecular complexity index is 715. The van der Waals surface area contributed by atoms with E-state index in [1.165, 1.54) is 5.56 Å². The van der Waals surface area contributed by atoms with E-state index in [-0.39, 0.29) is 0 Å². The number of fused-ring (bicyclic) bond motifs is 1. The zero-order chi connectivity index (χ0) is 13.1. The van der Waals surface area contributed by atoms with Crippen molar-refractivity contribution in [1.82, 2.24) is 9.97 Å². The minimum absolute atomic E-state index is 0.895. The molecule has 0 radical (unpaired) electrons. The van der Waals surface area contributed by atoms with E-state index in [1.807, 2.05) is 42.6 Å². The van der Waals surface area contributed by atoms with Crippen molar-refractivity contribution >= 4 is 38.7 Å². The number of halogens is 1. The van der Waals surface area contributed by atoms with Crippen molar-refractivity contribution in [3.63, 3.8) is 0 Å². The highest BCUT2D eigenvalue weighted by Crippen LogP contribution is 2.23. The Balaban J connectivity index is 1.78. The van der Waals surface area contributed by atoms with Gasteiger partial charge in [0.15, 0.2) is 0 Å². The molecular formula is C15H11BrN2S. The zero-order valence-electron chi connectivity index (χ0n) is 10.1. The van der Waals surface area contributed by atoms with E-state index in [0.717, 1.165) is 26.3 Å². The highest BCUT2D eigenvalue weighted by Gasteiger charge is 2.01. The number of rotatable bonds is 3. The lowest BCUT2D eigenvalue weighted by Gasteiger charge is -2.03. The fourth-order valence-electron chi connectivity index (χ4n) is 1.79. The van der Waals surface area contributed by atoms with Gasteiger partial charge >= 0.3 is 0 Å². The number of thioether (sulfide) groups is 1. The van der Waals surface area contributed by atoms with Crippen LogP contribution in [0.25, 0.3) is 11.0 Å². The summed E-state index contributed by atoms with van der Waals surface area (Å²) in [5.74, 6) is 0.895. The Labute approximate surface area is 124 Å². The van der Waals surface area contributed by atoms with Crippen LogP contribution in [0.1, 0.15) is 5.56 Å². The van der Waals surface area contributed by atoms with Crippen molar-refractivity contribution in [3.05, 3.63) is 64.8 Å². The topological polar surface area (TPSA) is 25.8 Å². The van der Waals surface area contributed by atoms with Crippen LogP contribution >= 0.6 is 27.7 Å². The minimum atomic E-state index is 0.895. The molecule has 0 fully saturated rings. The molecule has 0 amide bonds. The van der Waals surface area contributed by atoms with Crippen molar-refractivity contribution in [2.75, 3.05) is 0 Å². The second-order valence-electron chi connectivity index (χ2n) is 4.12. The minimum Gasteiger partial charge on any atom is -0.252 e. The molecule has 0 N–H and O–H groups in total. The van der Waals surface area contributed by atoms with E-state index >= 15 is 0 Å². The number of hydrogen-bond donors (Lipinski definition) is 0. The number of hydrogen-bond acceptors (Lipinski definition) is 3. The second-order valence-corrected chi connectivity index (χ2v) is 6.03. The van der Waals surface area contributed by atoms with Crippen LogP contribution in [0.15, 0.2) is 64.2 Å². The quantitative estimate of drug-likeness (QED) is 0.652. The molecule has 0 atom stereocenters. The molecule has 1 heterocycles. The molecule has 0 aliphatic heterocycles. The zero-order valence-corrected chi connectivity index (χ0v) is 12.5. The fourth-order valence-corrected chi connectivity index (χ4v) is 3.02. The molecule has 2 aromatic carbocycles. The SMILES string of the molecule is Brc1cccc(CSc2cnc3ccccc3n2)c1. The number of para-hydroxylation sites is 2. The average molecular weight is 331 g/mol. The van der Waals surface area contributed by atoms with Gasteiger partial charge in [-0.05, 0) is 29.8 Å². The molecule has 1 aromatic heterocycles. The van der Waals surface area contributed by atoms with Gasteiger partial charge < -0.3 is 0 Å². The molecule has 0 saturated carbocycles. The number of aromatic nitrogens is 2. The molecule has 0 aliphatic rings. The Morgan fingerprint density at radius 1 is 1.00 bits per heavy atom. The number of benzene rings is 2. The van der Waals surface area contributed by atoms with Crippen LogP contribution in [0.2, 0.25) is 0 Å². The van der Waals surface area contributed by atoms with E-state index in [9.17, 15) is 0 Å². The molecule has 0 saturated heterocycles. The lowest BCUT2D eigenvalue weighted by molar-refractivity contribution is 1.12. The summed E-state index contributed by atoms with van der Waals surface area (Å²) in [6, 6.07) is 16.3. The van der Waals surface area contributed by atoms with E-state index in [2.05, 4.69) is 38.0 Å². The van der Waals surface area contributed by atoms with Gasteiger partial charge in [0.25, 0.3) is 0 Å². The lowest BCUT2D eigenvalue weighted by Crippen LogP contribution is -1.87. The van der Waals surface area contributed by atoms with Gasteiger partial charge in [-0.2, -0.15) is 0 Å². The van der Waals surface area contributed by atoms with Crippen molar-refractivity contribution in [2.24, 2.45) is 0 Å². The third-order valence-corrected chi connectivity index (χ3v) is 4.17. The molecule has 0 bridgehead atoms. The van der Waals surface area contributed by atoms with Crippen LogP contribution < -0.4 is 0 Å². The Kier molecular flexibility index (Phi) is 3.80. The normalized spacial score (nSPS) is 10.8. The maximum absolute atomic E-state index is 4.60. The Morgan fingerprint density at radius 2 is 1.84 bits per heavy atom. The van der Waals surface area contributed by atoms with Crippen LogP contribution in [-0.2, 0) is 5.75 Å². The summed E-state index contributed by atoms with van der Waals surface area (Å²) in [5, 5.41) is 0.957. The van der Waals surface area contributed by atoms with E-state index in [0.29, 0.717) is 0 Å². The maximum atomic E-state index is 4.60. The third kappa shape index (κ3) is 3.14. The van der Waals surface area contributed by atoms with Gasteiger partial charge in [-0.25, -0.2) is 4.98 Å². The number of nitrogens with zero attached hydrogens (tertiary/aromatic N) is 2. The van der Waals surface area contributed by atoms with E-state index in [4.69, 9.17) is 0 Å². The van der Waals surface area contributed by atoms with Crippen molar-refractivity contribution in [1.29, 1.82) is 0 Å². The first-order valence-electron chi connectivity index (χ1n) is 5.90. The van der Waals surface area contributed by atoms with E-state index in [1.54, 1.807) is 11.8 Å². The molecule has 0 spiro atoms. The molecule has 0 unspecified atom stereocenters. The molecule has 19 heavy (non-hydrogen) atoms. The summed E-state index contributed by atoms with van der Waals surface area (Å²) in [7, 11) is 0. The average Bonchev–Trinajstić information content (AvgIpc) is 2.45. The van der Waals surface area contributed by atoms with Gasteiger partial charge in [0.1, 0.15) is 5.03 Å². The van der Waals surface area contributed by atoms with Crippen LogP contribution in [0.4, 0.5) is 0 Å². The smallest absolute Gasteiger partial charge is 0.115 e. The Hall–Kier alpha value is -1.39. The first-order valence-corrected chi connectivity index (χ1v) is 7.68. The van der Waals surface area contributed by atoms with Crippen LogP contribution in [-0.4, -0.2) is 9.97 Å². The highest BCUT2D eigenvalue weighted by atomic mass is 79.9. The molecule has 4 heteroatoms.